The first-order chi connectivity index (χ1) is 14.7. The van der Waals surface area contributed by atoms with Crippen LogP contribution in [0.2, 0.25) is 0 Å². The zero-order valence-corrected chi connectivity index (χ0v) is 16.1. The molecule has 4 aromatic carbocycles. The fraction of sp³-hybridized carbons (Fsp3) is 0. The van der Waals surface area contributed by atoms with E-state index in [9.17, 15) is 9.90 Å². The molecule has 0 fully saturated rings. The zero-order valence-electron chi connectivity index (χ0n) is 16.1. The summed E-state index contributed by atoms with van der Waals surface area (Å²) in [6, 6.07) is 31.8. The number of carbonyl (C=O) groups is 1. The van der Waals surface area contributed by atoms with Crippen molar-refractivity contribution in [3.8, 4) is 28.2 Å². The highest BCUT2D eigenvalue weighted by atomic mass is 16.3. The highest BCUT2D eigenvalue weighted by Crippen LogP contribution is 2.44. The Labute approximate surface area is 173 Å². The summed E-state index contributed by atoms with van der Waals surface area (Å²) in [5.41, 5.74) is 3.95. The summed E-state index contributed by atoms with van der Waals surface area (Å²) < 4.78 is 6.26. The number of phenolic OH excluding ortho intramolecular Hbond substituents is 1. The van der Waals surface area contributed by atoms with Crippen LogP contribution in [0.3, 0.4) is 0 Å². The Balaban J connectivity index is 1.88. The van der Waals surface area contributed by atoms with Gasteiger partial charge in [-0.25, -0.2) is 0 Å². The van der Waals surface area contributed by atoms with Gasteiger partial charge in [0.1, 0.15) is 17.1 Å². The van der Waals surface area contributed by atoms with Crippen molar-refractivity contribution in [2.24, 2.45) is 0 Å². The van der Waals surface area contributed by atoms with Crippen LogP contribution in [-0.2, 0) is 0 Å². The molecule has 5 rings (SSSR count). The number of hydrogen-bond donors (Lipinski definition) is 1. The standard InChI is InChI=1S/C27H18O3/c28-21-16-17-22-25(24(21)26(29)19-12-6-2-7-13-19)23(18-10-4-1-5-11-18)27(30-22)20-14-8-3-9-15-20/h1-17,28H. The van der Waals surface area contributed by atoms with Gasteiger partial charge >= 0.3 is 0 Å². The Morgan fingerprint density at radius 3 is 1.87 bits per heavy atom. The molecule has 3 heteroatoms. The summed E-state index contributed by atoms with van der Waals surface area (Å²) in [4.78, 5) is 13.4. The van der Waals surface area contributed by atoms with Crippen molar-refractivity contribution in [2.45, 2.75) is 0 Å². The molecule has 144 valence electrons. The number of furan rings is 1. The average molecular weight is 390 g/mol. The van der Waals surface area contributed by atoms with Gasteiger partial charge < -0.3 is 9.52 Å². The van der Waals surface area contributed by atoms with E-state index in [1.165, 1.54) is 6.07 Å². The molecule has 0 bridgehead atoms. The predicted molar refractivity (Wildman–Crippen MR) is 119 cm³/mol. The maximum atomic E-state index is 13.4. The monoisotopic (exact) mass is 390 g/mol. The van der Waals surface area contributed by atoms with Crippen molar-refractivity contribution in [3.63, 3.8) is 0 Å². The molecule has 0 saturated carbocycles. The van der Waals surface area contributed by atoms with Crippen LogP contribution < -0.4 is 0 Å². The molecule has 0 amide bonds. The smallest absolute Gasteiger partial charge is 0.197 e. The van der Waals surface area contributed by atoms with Crippen LogP contribution in [0.4, 0.5) is 0 Å². The molecule has 0 atom stereocenters. The lowest BCUT2D eigenvalue weighted by molar-refractivity contribution is 0.103. The third-order valence-corrected chi connectivity index (χ3v) is 5.20. The lowest BCUT2D eigenvalue weighted by Gasteiger charge is -2.09. The van der Waals surface area contributed by atoms with E-state index in [0.29, 0.717) is 22.3 Å². The van der Waals surface area contributed by atoms with Gasteiger partial charge in [0.2, 0.25) is 0 Å². The lowest BCUT2D eigenvalue weighted by Crippen LogP contribution is -2.02. The van der Waals surface area contributed by atoms with Crippen LogP contribution in [0.15, 0.2) is 108 Å². The molecule has 0 aliphatic rings. The van der Waals surface area contributed by atoms with E-state index in [-0.39, 0.29) is 17.1 Å². The number of aromatic hydroxyl groups is 1. The van der Waals surface area contributed by atoms with E-state index in [0.717, 1.165) is 16.7 Å². The normalized spacial score (nSPS) is 10.9. The zero-order chi connectivity index (χ0) is 20.5. The predicted octanol–water partition coefficient (Wildman–Crippen LogP) is 6.70. The maximum Gasteiger partial charge on any atom is 0.197 e. The minimum atomic E-state index is -0.240. The number of carbonyl (C=O) groups excluding carboxylic acids is 1. The SMILES string of the molecule is O=C(c1ccccc1)c1c(O)ccc2oc(-c3ccccc3)c(-c3ccccc3)c12. The molecular formula is C27H18O3. The van der Waals surface area contributed by atoms with E-state index >= 15 is 0 Å². The molecule has 0 unspecified atom stereocenters. The van der Waals surface area contributed by atoms with Gasteiger partial charge in [-0.05, 0) is 17.7 Å². The Kier molecular flexibility index (Phi) is 4.41. The number of fused-ring (bicyclic) bond motifs is 1. The van der Waals surface area contributed by atoms with Gasteiger partial charge in [0, 0.05) is 22.1 Å². The molecule has 1 heterocycles. The molecule has 1 aromatic heterocycles. The number of rotatable bonds is 4. The molecule has 0 spiro atoms. The van der Waals surface area contributed by atoms with Crippen LogP contribution >= 0.6 is 0 Å². The number of hydrogen-bond acceptors (Lipinski definition) is 3. The fourth-order valence-corrected chi connectivity index (χ4v) is 3.82. The first-order valence-electron chi connectivity index (χ1n) is 9.73. The summed E-state index contributed by atoms with van der Waals surface area (Å²) in [6.07, 6.45) is 0. The van der Waals surface area contributed by atoms with Gasteiger partial charge in [0.05, 0.1) is 5.56 Å². The Morgan fingerprint density at radius 1 is 0.667 bits per heavy atom. The fourth-order valence-electron chi connectivity index (χ4n) is 3.82. The molecule has 0 radical (unpaired) electrons. The van der Waals surface area contributed by atoms with E-state index in [2.05, 4.69) is 0 Å². The molecule has 3 nitrogen and oxygen atoms in total. The first kappa shape index (κ1) is 18.0. The van der Waals surface area contributed by atoms with Crippen molar-refractivity contribution in [3.05, 3.63) is 114 Å². The van der Waals surface area contributed by atoms with Crippen LogP contribution in [0.1, 0.15) is 15.9 Å². The summed E-state index contributed by atoms with van der Waals surface area (Å²) in [5, 5.41) is 11.3. The maximum absolute atomic E-state index is 13.4. The highest BCUT2D eigenvalue weighted by molar-refractivity contribution is 6.21. The molecule has 0 aliphatic heterocycles. The van der Waals surface area contributed by atoms with E-state index in [1.807, 2.05) is 78.9 Å². The van der Waals surface area contributed by atoms with Crippen LogP contribution in [0.25, 0.3) is 33.4 Å². The van der Waals surface area contributed by atoms with Gasteiger partial charge in [-0.3, -0.25) is 4.79 Å². The summed E-state index contributed by atoms with van der Waals surface area (Å²) >= 11 is 0. The summed E-state index contributed by atoms with van der Waals surface area (Å²) in [6.45, 7) is 0. The van der Waals surface area contributed by atoms with E-state index < -0.39 is 0 Å². The summed E-state index contributed by atoms with van der Waals surface area (Å²) in [7, 11) is 0. The van der Waals surface area contributed by atoms with Crippen molar-refractivity contribution >= 4 is 16.8 Å². The largest absolute Gasteiger partial charge is 0.507 e. The van der Waals surface area contributed by atoms with Gasteiger partial charge in [0.15, 0.2) is 5.78 Å². The topological polar surface area (TPSA) is 50.4 Å². The van der Waals surface area contributed by atoms with Crippen LogP contribution in [0.5, 0.6) is 5.75 Å². The number of benzene rings is 4. The number of phenols is 1. The van der Waals surface area contributed by atoms with Crippen molar-refractivity contribution < 1.29 is 14.3 Å². The number of ketones is 1. The third kappa shape index (κ3) is 2.97. The van der Waals surface area contributed by atoms with Crippen molar-refractivity contribution in [1.82, 2.24) is 0 Å². The Morgan fingerprint density at radius 2 is 1.23 bits per heavy atom. The second kappa shape index (κ2) is 7.37. The molecule has 1 N–H and O–H groups in total. The first-order valence-corrected chi connectivity index (χ1v) is 9.73. The molecule has 5 aromatic rings. The van der Waals surface area contributed by atoms with Gasteiger partial charge in [-0.2, -0.15) is 0 Å². The van der Waals surface area contributed by atoms with Gasteiger partial charge in [-0.15, -0.1) is 0 Å². The van der Waals surface area contributed by atoms with Crippen molar-refractivity contribution in [2.75, 3.05) is 0 Å². The van der Waals surface area contributed by atoms with Crippen LogP contribution in [-0.4, -0.2) is 10.9 Å². The Hall–Kier alpha value is -4.11. The minimum Gasteiger partial charge on any atom is -0.507 e. The second-order valence-corrected chi connectivity index (χ2v) is 7.07. The van der Waals surface area contributed by atoms with Crippen LogP contribution in [0, 0.1) is 0 Å². The van der Waals surface area contributed by atoms with E-state index in [1.54, 1.807) is 18.2 Å². The molecule has 0 aliphatic carbocycles. The third-order valence-electron chi connectivity index (χ3n) is 5.20. The minimum absolute atomic E-state index is 0.0612. The molecular weight excluding hydrogens is 372 g/mol. The summed E-state index contributed by atoms with van der Waals surface area (Å²) in [5.74, 6) is 0.370. The quantitative estimate of drug-likeness (QED) is 0.347. The van der Waals surface area contributed by atoms with E-state index in [4.69, 9.17) is 4.42 Å². The van der Waals surface area contributed by atoms with Crippen molar-refractivity contribution in [1.29, 1.82) is 0 Å². The highest BCUT2D eigenvalue weighted by Gasteiger charge is 2.25. The average Bonchev–Trinajstić information content (AvgIpc) is 3.20. The molecule has 0 saturated heterocycles. The van der Waals surface area contributed by atoms with Gasteiger partial charge in [0.25, 0.3) is 0 Å². The molecule has 30 heavy (non-hydrogen) atoms. The van der Waals surface area contributed by atoms with Gasteiger partial charge in [-0.1, -0.05) is 91.0 Å². The lowest BCUT2D eigenvalue weighted by atomic mass is 9.92. The Bertz CT molecular complexity index is 1340. The second-order valence-electron chi connectivity index (χ2n) is 7.07.